The second kappa shape index (κ2) is 11.2. The molecule has 0 unspecified atom stereocenters. The molecule has 0 bridgehead atoms. The van der Waals surface area contributed by atoms with E-state index in [9.17, 15) is 0 Å². The molecule has 2 N–H and O–H groups in total. The van der Waals surface area contributed by atoms with Crippen LogP contribution in [0.15, 0.2) is 59.9 Å². The van der Waals surface area contributed by atoms with Crippen molar-refractivity contribution in [3.05, 3.63) is 66.0 Å². The van der Waals surface area contributed by atoms with E-state index in [1.165, 1.54) is 11.1 Å². The van der Waals surface area contributed by atoms with Gasteiger partial charge < -0.3 is 19.9 Å². The number of hydrogen-bond donors (Lipinski definition) is 2. The van der Waals surface area contributed by atoms with E-state index in [-0.39, 0.29) is 0 Å². The van der Waals surface area contributed by atoms with E-state index in [0.29, 0.717) is 6.54 Å². The van der Waals surface area contributed by atoms with Gasteiger partial charge in [-0.15, -0.1) is 0 Å². The second-order valence-electron chi connectivity index (χ2n) is 6.85. The number of ether oxygens (including phenoxy) is 1. The summed E-state index contributed by atoms with van der Waals surface area (Å²) in [6, 6.07) is 16.9. The summed E-state index contributed by atoms with van der Waals surface area (Å²) >= 11 is 0. The smallest absolute Gasteiger partial charge is 0.191 e. The van der Waals surface area contributed by atoms with Gasteiger partial charge in [0.25, 0.3) is 0 Å². The van der Waals surface area contributed by atoms with Crippen molar-refractivity contribution in [2.45, 2.75) is 33.4 Å². The maximum Gasteiger partial charge on any atom is 0.191 e. The quantitative estimate of drug-likeness (QED) is 0.314. The summed E-state index contributed by atoms with van der Waals surface area (Å²) in [5.74, 6) is 0.845. The lowest BCUT2D eigenvalue weighted by Gasteiger charge is -2.11. The van der Waals surface area contributed by atoms with Crippen LogP contribution in [0.1, 0.15) is 31.4 Å². The molecule has 0 atom stereocenters. The first-order valence-corrected chi connectivity index (χ1v) is 10.4. The molecule has 3 rings (SSSR count). The molecule has 2 aromatic carbocycles. The average Bonchev–Trinajstić information content (AvgIpc) is 3.16. The number of nitrogens with zero attached hydrogens (tertiary/aromatic N) is 3. The number of aliphatic imine (C=N–C) groups is 1. The van der Waals surface area contributed by atoms with Crippen molar-refractivity contribution in [2.24, 2.45) is 4.99 Å². The Kier molecular flexibility index (Phi) is 8.07. The topological polar surface area (TPSA) is 63.5 Å². The SMILES string of the molecule is CCNC(=NCc1ccc(Cn2cnc3ccccc32)cc1)NCCCOCC. The molecule has 0 radical (unpaired) electrons. The lowest BCUT2D eigenvalue weighted by molar-refractivity contribution is 0.145. The molecule has 29 heavy (non-hydrogen) atoms. The lowest BCUT2D eigenvalue weighted by atomic mass is 10.1. The minimum atomic E-state index is 0.648. The van der Waals surface area contributed by atoms with E-state index in [4.69, 9.17) is 4.74 Å². The number of rotatable bonds is 10. The van der Waals surface area contributed by atoms with E-state index in [1.807, 2.05) is 25.4 Å². The molecular formula is C23H31N5O. The van der Waals surface area contributed by atoms with Crippen LogP contribution in [0.25, 0.3) is 11.0 Å². The van der Waals surface area contributed by atoms with Crippen LogP contribution in [-0.2, 0) is 17.8 Å². The summed E-state index contributed by atoms with van der Waals surface area (Å²) in [4.78, 5) is 9.15. The van der Waals surface area contributed by atoms with Crippen molar-refractivity contribution in [3.8, 4) is 0 Å². The minimum absolute atomic E-state index is 0.648. The van der Waals surface area contributed by atoms with Crippen molar-refractivity contribution in [2.75, 3.05) is 26.3 Å². The predicted molar refractivity (Wildman–Crippen MR) is 119 cm³/mol. The average molecular weight is 394 g/mol. The molecule has 0 spiro atoms. The highest BCUT2D eigenvalue weighted by molar-refractivity contribution is 5.79. The molecule has 154 valence electrons. The van der Waals surface area contributed by atoms with Crippen LogP contribution in [0, 0.1) is 0 Å². The van der Waals surface area contributed by atoms with Gasteiger partial charge in [0.1, 0.15) is 0 Å². The van der Waals surface area contributed by atoms with Crippen LogP contribution < -0.4 is 10.6 Å². The number of benzene rings is 2. The fraction of sp³-hybridized carbons (Fsp3) is 0.391. The minimum Gasteiger partial charge on any atom is -0.382 e. The van der Waals surface area contributed by atoms with Crippen LogP contribution in [0.4, 0.5) is 0 Å². The molecule has 1 aromatic heterocycles. The zero-order chi connectivity index (χ0) is 20.3. The first-order chi connectivity index (χ1) is 14.3. The number of guanidine groups is 1. The van der Waals surface area contributed by atoms with Gasteiger partial charge in [0.05, 0.1) is 23.9 Å². The Bertz CT molecular complexity index is 901. The first-order valence-electron chi connectivity index (χ1n) is 10.4. The maximum atomic E-state index is 5.37. The summed E-state index contributed by atoms with van der Waals surface area (Å²) < 4.78 is 7.55. The predicted octanol–water partition coefficient (Wildman–Crippen LogP) is 3.57. The molecule has 6 nitrogen and oxygen atoms in total. The number of para-hydroxylation sites is 2. The lowest BCUT2D eigenvalue weighted by Crippen LogP contribution is -2.38. The molecular weight excluding hydrogens is 362 g/mol. The van der Waals surface area contributed by atoms with Crippen LogP contribution in [-0.4, -0.2) is 41.8 Å². The molecule has 0 saturated heterocycles. The number of aromatic nitrogens is 2. The third-order valence-corrected chi connectivity index (χ3v) is 4.63. The molecule has 0 aliphatic heterocycles. The first kappa shape index (κ1) is 20.9. The Morgan fingerprint density at radius 3 is 2.62 bits per heavy atom. The highest BCUT2D eigenvalue weighted by Gasteiger charge is 2.03. The van der Waals surface area contributed by atoms with E-state index in [2.05, 4.69) is 68.5 Å². The van der Waals surface area contributed by atoms with Gasteiger partial charge in [-0.2, -0.15) is 0 Å². The van der Waals surface area contributed by atoms with Gasteiger partial charge in [0.2, 0.25) is 0 Å². The van der Waals surface area contributed by atoms with E-state index in [1.54, 1.807) is 0 Å². The van der Waals surface area contributed by atoms with Gasteiger partial charge in [-0.25, -0.2) is 9.98 Å². The third kappa shape index (κ3) is 6.32. The van der Waals surface area contributed by atoms with Crippen molar-refractivity contribution in [1.29, 1.82) is 0 Å². The molecule has 0 amide bonds. The highest BCUT2D eigenvalue weighted by Crippen LogP contribution is 2.14. The van der Waals surface area contributed by atoms with Crippen LogP contribution in [0.2, 0.25) is 0 Å². The van der Waals surface area contributed by atoms with Crippen molar-refractivity contribution >= 4 is 17.0 Å². The fourth-order valence-corrected chi connectivity index (χ4v) is 3.12. The maximum absolute atomic E-state index is 5.37. The summed E-state index contributed by atoms with van der Waals surface area (Å²) in [5, 5.41) is 6.65. The van der Waals surface area contributed by atoms with Gasteiger partial charge in [0, 0.05) is 32.8 Å². The van der Waals surface area contributed by atoms with Crippen molar-refractivity contribution in [3.63, 3.8) is 0 Å². The van der Waals surface area contributed by atoms with Gasteiger partial charge in [0.15, 0.2) is 5.96 Å². The standard InChI is InChI=1S/C23H31N5O/c1-3-24-23(25-14-7-15-29-4-2)26-16-19-10-12-20(13-11-19)17-28-18-27-21-8-5-6-9-22(21)28/h5-6,8-13,18H,3-4,7,14-17H2,1-2H3,(H2,24,25,26). The molecule has 0 fully saturated rings. The molecule has 0 aliphatic rings. The van der Waals surface area contributed by atoms with Crippen molar-refractivity contribution in [1.82, 2.24) is 20.2 Å². The van der Waals surface area contributed by atoms with Gasteiger partial charge in [-0.3, -0.25) is 0 Å². The van der Waals surface area contributed by atoms with Gasteiger partial charge in [-0.05, 0) is 43.5 Å². The monoisotopic (exact) mass is 393 g/mol. The molecule has 6 heteroatoms. The number of fused-ring (bicyclic) bond motifs is 1. The van der Waals surface area contributed by atoms with E-state index < -0.39 is 0 Å². The van der Waals surface area contributed by atoms with Crippen LogP contribution in [0.5, 0.6) is 0 Å². The Labute approximate surface area is 173 Å². The molecule has 0 saturated carbocycles. The largest absolute Gasteiger partial charge is 0.382 e. The zero-order valence-electron chi connectivity index (χ0n) is 17.4. The summed E-state index contributed by atoms with van der Waals surface area (Å²) in [6.07, 6.45) is 2.87. The molecule has 0 aliphatic carbocycles. The summed E-state index contributed by atoms with van der Waals surface area (Å²) in [7, 11) is 0. The summed E-state index contributed by atoms with van der Waals surface area (Å²) in [5.41, 5.74) is 4.63. The van der Waals surface area contributed by atoms with Crippen LogP contribution >= 0.6 is 0 Å². The van der Waals surface area contributed by atoms with E-state index in [0.717, 1.165) is 56.3 Å². The number of nitrogens with one attached hydrogen (secondary N) is 2. The Morgan fingerprint density at radius 2 is 1.83 bits per heavy atom. The Morgan fingerprint density at radius 1 is 1.03 bits per heavy atom. The van der Waals surface area contributed by atoms with Gasteiger partial charge >= 0.3 is 0 Å². The molecule has 3 aromatic rings. The fourth-order valence-electron chi connectivity index (χ4n) is 3.12. The zero-order valence-corrected chi connectivity index (χ0v) is 17.4. The van der Waals surface area contributed by atoms with Crippen molar-refractivity contribution < 1.29 is 4.74 Å². The molecule has 1 heterocycles. The normalized spacial score (nSPS) is 11.7. The highest BCUT2D eigenvalue weighted by atomic mass is 16.5. The van der Waals surface area contributed by atoms with E-state index >= 15 is 0 Å². The summed E-state index contributed by atoms with van der Waals surface area (Å²) in [6.45, 7) is 8.79. The van der Waals surface area contributed by atoms with Gasteiger partial charge in [-0.1, -0.05) is 36.4 Å². The Balaban J connectivity index is 1.55. The van der Waals surface area contributed by atoms with Crippen LogP contribution in [0.3, 0.4) is 0 Å². The number of imidazole rings is 1. The second-order valence-corrected chi connectivity index (χ2v) is 6.85. The Hall–Kier alpha value is -2.86. The third-order valence-electron chi connectivity index (χ3n) is 4.63. The number of hydrogen-bond acceptors (Lipinski definition) is 3.